The summed E-state index contributed by atoms with van der Waals surface area (Å²) >= 11 is 6.24. The monoisotopic (exact) mass is 283 g/mol. The van der Waals surface area contributed by atoms with Crippen LogP contribution in [0.2, 0.25) is 5.15 Å². The molecule has 0 aliphatic heterocycles. The molecular weight excluding hydrogens is 258 g/mol. The molecule has 1 heterocycles. The molecule has 0 amide bonds. The number of rotatable bonds is 4. The van der Waals surface area contributed by atoms with Gasteiger partial charge in [0, 0.05) is 16.5 Å². The maximum atomic E-state index is 6.24. The van der Waals surface area contributed by atoms with Crippen molar-refractivity contribution in [2.24, 2.45) is 0 Å². The standard InChI is InChI=1S/C15H26ClN3/c1-8-9-15(6,7)19-12-10(2)11(16)17-13(18-12)14(3,4)5/h8-9H2,1-7H3,(H,17,18,19). The van der Waals surface area contributed by atoms with Crippen molar-refractivity contribution in [2.75, 3.05) is 5.32 Å². The van der Waals surface area contributed by atoms with Crippen LogP contribution in [0.15, 0.2) is 0 Å². The van der Waals surface area contributed by atoms with Crippen molar-refractivity contribution >= 4 is 17.4 Å². The SMILES string of the molecule is CCCC(C)(C)Nc1nc(C(C)(C)C)nc(Cl)c1C. The molecule has 1 aromatic rings. The number of hydrogen-bond donors (Lipinski definition) is 1. The Morgan fingerprint density at radius 3 is 2.16 bits per heavy atom. The first kappa shape index (κ1) is 16.2. The van der Waals surface area contributed by atoms with Crippen molar-refractivity contribution in [2.45, 2.75) is 72.3 Å². The molecule has 0 spiro atoms. The Hall–Kier alpha value is -0.830. The topological polar surface area (TPSA) is 37.8 Å². The zero-order valence-corrected chi connectivity index (χ0v) is 13.9. The van der Waals surface area contributed by atoms with Crippen LogP contribution in [0.4, 0.5) is 5.82 Å². The van der Waals surface area contributed by atoms with E-state index in [2.05, 4.69) is 56.8 Å². The summed E-state index contributed by atoms with van der Waals surface area (Å²) in [7, 11) is 0. The zero-order chi connectivity index (χ0) is 14.8. The minimum Gasteiger partial charge on any atom is -0.365 e. The van der Waals surface area contributed by atoms with Crippen LogP contribution in [-0.2, 0) is 5.41 Å². The Balaban J connectivity index is 3.17. The van der Waals surface area contributed by atoms with Gasteiger partial charge in [-0.3, -0.25) is 0 Å². The molecule has 0 fully saturated rings. The van der Waals surface area contributed by atoms with Crippen molar-refractivity contribution in [1.29, 1.82) is 0 Å². The summed E-state index contributed by atoms with van der Waals surface area (Å²) in [4.78, 5) is 9.06. The average Bonchev–Trinajstić information content (AvgIpc) is 2.22. The van der Waals surface area contributed by atoms with Gasteiger partial charge in [0.05, 0.1) is 0 Å². The molecule has 0 aromatic carbocycles. The second kappa shape index (κ2) is 5.66. The third kappa shape index (κ3) is 4.34. The molecule has 0 saturated heterocycles. The fourth-order valence-corrected chi connectivity index (χ4v) is 2.12. The molecular formula is C15H26ClN3. The lowest BCUT2D eigenvalue weighted by Gasteiger charge is -2.28. The lowest BCUT2D eigenvalue weighted by Crippen LogP contribution is -2.32. The van der Waals surface area contributed by atoms with Crippen LogP contribution < -0.4 is 5.32 Å². The first-order valence-electron chi connectivity index (χ1n) is 6.89. The van der Waals surface area contributed by atoms with Crippen molar-refractivity contribution < 1.29 is 0 Å². The molecule has 19 heavy (non-hydrogen) atoms. The number of nitrogens with one attached hydrogen (secondary N) is 1. The number of hydrogen-bond acceptors (Lipinski definition) is 3. The average molecular weight is 284 g/mol. The van der Waals surface area contributed by atoms with Gasteiger partial charge in [-0.05, 0) is 27.2 Å². The number of nitrogens with zero attached hydrogens (tertiary/aromatic N) is 2. The van der Waals surface area contributed by atoms with E-state index in [0.29, 0.717) is 5.15 Å². The summed E-state index contributed by atoms with van der Waals surface area (Å²) in [6.45, 7) is 14.8. The number of halogens is 1. The third-order valence-electron chi connectivity index (χ3n) is 3.09. The molecule has 0 aliphatic carbocycles. The highest BCUT2D eigenvalue weighted by atomic mass is 35.5. The fourth-order valence-electron chi connectivity index (χ4n) is 1.95. The molecule has 0 radical (unpaired) electrons. The number of aromatic nitrogens is 2. The maximum Gasteiger partial charge on any atom is 0.137 e. The van der Waals surface area contributed by atoms with E-state index in [9.17, 15) is 0 Å². The van der Waals surface area contributed by atoms with Gasteiger partial charge in [-0.15, -0.1) is 0 Å². The van der Waals surface area contributed by atoms with Gasteiger partial charge in [0.2, 0.25) is 0 Å². The highest BCUT2D eigenvalue weighted by molar-refractivity contribution is 6.30. The molecule has 0 aliphatic rings. The predicted molar refractivity (Wildman–Crippen MR) is 83.1 cm³/mol. The van der Waals surface area contributed by atoms with Crippen LogP contribution in [-0.4, -0.2) is 15.5 Å². The molecule has 108 valence electrons. The fraction of sp³-hybridized carbons (Fsp3) is 0.733. The van der Waals surface area contributed by atoms with Gasteiger partial charge in [-0.1, -0.05) is 45.7 Å². The van der Waals surface area contributed by atoms with Gasteiger partial charge in [-0.25, -0.2) is 9.97 Å². The van der Waals surface area contributed by atoms with Gasteiger partial charge < -0.3 is 5.32 Å². The minimum absolute atomic E-state index is 0.00630. The summed E-state index contributed by atoms with van der Waals surface area (Å²) < 4.78 is 0. The summed E-state index contributed by atoms with van der Waals surface area (Å²) in [5.41, 5.74) is 0.813. The van der Waals surface area contributed by atoms with Crippen molar-refractivity contribution in [1.82, 2.24) is 9.97 Å². The van der Waals surface area contributed by atoms with E-state index in [1.165, 1.54) is 0 Å². The van der Waals surface area contributed by atoms with Crippen LogP contribution in [0, 0.1) is 6.92 Å². The van der Waals surface area contributed by atoms with Crippen molar-refractivity contribution in [3.05, 3.63) is 16.5 Å². The van der Waals surface area contributed by atoms with E-state index in [1.807, 2.05) is 6.92 Å². The molecule has 0 unspecified atom stereocenters. The predicted octanol–water partition coefficient (Wildman–Crippen LogP) is 4.73. The van der Waals surface area contributed by atoms with E-state index in [0.717, 1.165) is 30.0 Å². The summed E-state index contributed by atoms with van der Waals surface area (Å²) in [5.74, 6) is 1.63. The van der Waals surface area contributed by atoms with Crippen LogP contribution in [0.5, 0.6) is 0 Å². The molecule has 0 saturated carbocycles. The normalized spacial score (nSPS) is 12.6. The molecule has 3 nitrogen and oxygen atoms in total. The first-order chi connectivity index (χ1) is 8.57. The summed E-state index contributed by atoms with van der Waals surface area (Å²) in [5, 5.41) is 4.04. The van der Waals surface area contributed by atoms with Crippen LogP contribution in [0.1, 0.15) is 65.8 Å². The van der Waals surface area contributed by atoms with E-state index in [1.54, 1.807) is 0 Å². The largest absolute Gasteiger partial charge is 0.365 e. The molecule has 0 atom stereocenters. The summed E-state index contributed by atoms with van der Waals surface area (Å²) in [6.07, 6.45) is 2.21. The summed E-state index contributed by atoms with van der Waals surface area (Å²) in [6, 6.07) is 0. The molecule has 1 aromatic heterocycles. The molecule has 1 rings (SSSR count). The van der Waals surface area contributed by atoms with E-state index in [4.69, 9.17) is 11.6 Å². The lowest BCUT2D eigenvalue weighted by molar-refractivity contribution is 0.503. The quantitative estimate of drug-likeness (QED) is 0.812. The van der Waals surface area contributed by atoms with Crippen LogP contribution in [0.3, 0.4) is 0 Å². The van der Waals surface area contributed by atoms with Gasteiger partial charge in [0.15, 0.2) is 0 Å². The Bertz CT molecular complexity index is 447. The van der Waals surface area contributed by atoms with Crippen molar-refractivity contribution in [3.63, 3.8) is 0 Å². The Labute approximate surface area is 122 Å². The molecule has 1 N–H and O–H groups in total. The van der Waals surface area contributed by atoms with Gasteiger partial charge >= 0.3 is 0 Å². The smallest absolute Gasteiger partial charge is 0.137 e. The van der Waals surface area contributed by atoms with E-state index >= 15 is 0 Å². The van der Waals surface area contributed by atoms with E-state index in [-0.39, 0.29) is 11.0 Å². The Kier molecular flexibility index (Phi) is 4.83. The minimum atomic E-state index is -0.108. The maximum absolute atomic E-state index is 6.24. The highest BCUT2D eigenvalue weighted by Gasteiger charge is 2.23. The van der Waals surface area contributed by atoms with Crippen LogP contribution >= 0.6 is 11.6 Å². The second-order valence-corrected chi connectivity index (χ2v) is 7.18. The third-order valence-corrected chi connectivity index (χ3v) is 3.46. The lowest BCUT2D eigenvalue weighted by atomic mass is 9.95. The van der Waals surface area contributed by atoms with E-state index < -0.39 is 0 Å². The van der Waals surface area contributed by atoms with Crippen LogP contribution in [0.25, 0.3) is 0 Å². The van der Waals surface area contributed by atoms with Gasteiger partial charge in [0.25, 0.3) is 0 Å². The molecule has 4 heteroatoms. The zero-order valence-electron chi connectivity index (χ0n) is 13.2. The second-order valence-electron chi connectivity index (χ2n) is 6.82. The Morgan fingerprint density at radius 2 is 1.68 bits per heavy atom. The Morgan fingerprint density at radius 1 is 1.11 bits per heavy atom. The van der Waals surface area contributed by atoms with Gasteiger partial charge in [0.1, 0.15) is 16.8 Å². The highest BCUT2D eigenvalue weighted by Crippen LogP contribution is 2.28. The van der Waals surface area contributed by atoms with Gasteiger partial charge in [-0.2, -0.15) is 0 Å². The molecule has 0 bridgehead atoms. The van der Waals surface area contributed by atoms with Crippen molar-refractivity contribution in [3.8, 4) is 0 Å². The first-order valence-corrected chi connectivity index (χ1v) is 7.27. The number of anilines is 1.